The molecule has 0 unspecified atom stereocenters. The predicted molar refractivity (Wildman–Crippen MR) is 79.5 cm³/mol. The summed E-state index contributed by atoms with van der Waals surface area (Å²) in [6.07, 6.45) is -4.27. The van der Waals surface area contributed by atoms with Gasteiger partial charge in [0.25, 0.3) is 0 Å². The number of carbonyl (C=O) groups is 1. The molecule has 0 aliphatic rings. The Bertz CT molecular complexity index is 873. The van der Waals surface area contributed by atoms with E-state index in [1.165, 1.54) is 24.3 Å². The SMILES string of the molecule is Cc1ccc2nc(-c3ccc(OC(F)(F)C(=O)O)cc3)[nH]c2c1. The molecule has 118 valence electrons. The molecule has 0 bridgehead atoms. The fourth-order valence-corrected chi connectivity index (χ4v) is 2.13. The van der Waals surface area contributed by atoms with E-state index >= 15 is 0 Å². The molecule has 23 heavy (non-hydrogen) atoms. The van der Waals surface area contributed by atoms with Crippen LogP contribution in [0.2, 0.25) is 0 Å². The van der Waals surface area contributed by atoms with E-state index in [0.29, 0.717) is 11.4 Å². The number of H-pyrrole nitrogens is 1. The predicted octanol–water partition coefficient (Wildman–Crippen LogP) is 3.59. The van der Waals surface area contributed by atoms with Crippen molar-refractivity contribution in [2.45, 2.75) is 13.0 Å². The lowest BCUT2D eigenvalue weighted by molar-refractivity contribution is -0.210. The molecule has 2 N–H and O–H groups in total. The van der Waals surface area contributed by atoms with Gasteiger partial charge in [-0.1, -0.05) is 6.07 Å². The molecule has 0 spiro atoms. The molecule has 0 saturated carbocycles. The number of rotatable bonds is 4. The zero-order valence-electron chi connectivity index (χ0n) is 12.0. The number of aliphatic carboxylic acids is 1. The topological polar surface area (TPSA) is 75.2 Å². The quantitative estimate of drug-likeness (QED) is 0.771. The lowest BCUT2D eigenvalue weighted by Crippen LogP contribution is -2.34. The molecule has 0 radical (unpaired) electrons. The summed E-state index contributed by atoms with van der Waals surface area (Å²) in [6, 6.07) is 11.4. The van der Waals surface area contributed by atoms with Crippen LogP contribution in [0.4, 0.5) is 8.78 Å². The van der Waals surface area contributed by atoms with E-state index in [9.17, 15) is 13.6 Å². The second kappa shape index (κ2) is 5.35. The minimum absolute atomic E-state index is 0.242. The maximum atomic E-state index is 13.0. The van der Waals surface area contributed by atoms with E-state index in [1.54, 1.807) is 0 Å². The number of hydrogen-bond donors (Lipinski definition) is 2. The van der Waals surface area contributed by atoms with Crippen LogP contribution in [-0.4, -0.2) is 27.2 Å². The van der Waals surface area contributed by atoms with Crippen LogP contribution in [0.1, 0.15) is 5.56 Å². The molecule has 0 atom stereocenters. The smallest absolute Gasteiger partial charge is 0.474 e. The Morgan fingerprint density at radius 3 is 2.57 bits per heavy atom. The number of aryl methyl sites for hydroxylation is 1. The highest BCUT2D eigenvalue weighted by Crippen LogP contribution is 2.26. The highest BCUT2D eigenvalue weighted by Gasteiger charge is 2.42. The van der Waals surface area contributed by atoms with E-state index in [1.807, 2.05) is 25.1 Å². The summed E-state index contributed by atoms with van der Waals surface area (Å²) in [7, 11) is 0. The van der Waals surface area contributed by atoms with Crippen molar-refractivity contribution in [3.8, 4) is 17.1 Å². The summed E-state index contributed by atoms with van der Waals surface area (Å²) in [4.78, 5) is 17.9. The Morgan fingerprint density at radius 1 is 1.22 bits per heavy atom. The fourth-order valence-electron chi connectivity index (χ4n) is 2.13. The van der Waals surface area contributed by atoms with Crippen LogP contribution >= 0.6 is 0 Å². The van der Waals surface area contributed by atoms with Crippen molar-refractivity contribution in [2.75, 3.05) is 0 Å². The Morgan fingerprint density at radius 2 is 1.91 bits per heavy atom. The molecule has 0 fully saturated rings. The van der Waals surface area contributed by atoms with Crippen LogP contribution in [0.25, 0.3) is 22.4 Å². The molecule has 3 rings (SSSR count). The van der Waals surface area contributed by atoms with Crippen molar-refractivity contribution in [1.29, 1.82) is 0 Å². The number of benzene rings is 2. The van der Waals surface area contributed by atoms with E-state index < -0.39 is 12.1 Å². The molecular weight excluding hydrogens is 306 g/mol. The molecule has 2 aromatic carbocycles. The fraction of sp³-hybridized carbons (Fsp3) is 0.125. The van der Waals surface area contributed by atoms with Gasteiger partial charge in [-0.15, -0.1) is 0 Å². The lowest BCUT2D eigenvalue weighted by atomic mass is 10.2. The van der Waals surface area contributed by atoms with Gasteiger partial charge in [0.15, 0.2) is 0 Å². The number of nitrogens with one attached hydrogen (secondary N) is 1. The third-order valence-electron chi connectivity index (χ3n) is 3.26. The third-order valence-corrected chi connectivity index (χ3v) is 3.26. The number of nitrogens with zero attached hydrogens (tertiary/aromatic N) is 1. The van der Waals surface area contributed by atoms with E-state index in [4.69, 9.17) is 5.11 Å². The first-order chi connectivity index (χ1) is 10.8. The molecular formula is C16H12F2N2O3. The lowest BCUT2D eigenvalue weighted by Gasteiger charge is -2.13. The number of halogens is 2. The summed E-state index contributed by atoms with van der Waals surface area (Å²) >= 11 is 0. The van der Waals surface area contributed by atoms with E-state index in [-0.39, 0.29) is 5.75 Å². The Kier molecular flexibility index (Phi) is 3.48. The molecule has 1 aromatic heterocycles. The van der Waals surface area contributed by atoms with Crippen LogP contribution < -0.4 is 4.74 Å². The average molecular weight is 318 g/mol. The van der Waals surface area contributed by atoms with Gasteiger partial charge in [-0.2, -0.15) is 8.78 Å². The van der Waals surface area contributed by atoms with Crippen LogP contribution in [0, 0.1) is 6.92 Å². The van der Waals surface area contributed by atoms with E-state index in [2.05, 4.69) is 14.7 Å². The maximum Gasteiger partial charge on any atom is 0.501 e. The van der Waals surface area contributed by atoms with Crippen LogP contribution in [0.3, 0.4) is 0 Å². The van der Waals surface area contributed by atoms with Crippen molar-refractivity contribution < 1.29 is 23.4 Å². The van der Waals surface area contributed by atoms with Gasteiger partial charge in [-0.3, -0.25) is 0 Å². The van der Waals surface area contributed by atoms with Gasteiger partial charge >= 0.3 is 12.1 Å². The Labute approximate surface area is 129 Å². The van der Waals surface area contributed by atoms with Gasteiger partial charge in [0.05, 0.1) is 11.0 Å². The normalized spacial score (nSPS) is 11.6. The molecule has 7 heteroatoms. The Hall–Kier alpha value is -2.96. The van der Waals surface area contributed by atoms with Gasteiger partial charge in [-0.05, 0) is 48.9 Å². The van der Waals surface area contributed by atoms with Gasteiger partial charge in [-0.25, -0.2) is 9.78 Å². The largest absolute Gasteiger partial charge is 0.501 e. The van der Waals surface area contributed by atoms with Crippen LogP contribution in [-0.2, 0) is 4.79 Å². The van der Waals surface area contributed by atoms with Gasteiger partial charge in [0, 0.05) is 5.56 Å². The zero-order chi connectivity index (χ0) is 16.6. The van der Waals surface area contributed by atoms with Gasteiger partial charge < -0.3 is 14.8 Å². The van der Waals surface area contributed by atoms with Gasteiger partial charge in [0.2, 0.25) is 0 Å². The number of imidazole rings is 1. The number of fused-ring (bicyclic) bond motifs is 1. The molecule has 0 amide bonds. The highest BCUT2D eigenvalue weighted by molar-refractivity contribution is 5.80. The first-order valence-corrected chi connectivity index (χ1v) is 6.72. The van der Waals surface area contributed by atoms with E-state index in [0.717, 1.165) is 16.6 Å². The number of aromatic nitrogens is 2. The first kappa shape index (κ1) is 15.0. The minimum atomic E-state index is -4.27. The third kappa shape index (κ3) is 2.98. The zero-order valence-corrected chi connectivity index (χ0v) is 12.0. The summed E-state index contributed by atoms with van der Waals surface area (Å²) < 4.78 is 30.2. The maximum absolute atomic E-state index is 13.0. The van der Waals surface area contributed by atoms with Crippen molar-refractivity contribution in [3.63, 3.8) is 0 Å². The molecule has 0 saturated heterocycles. The summed E-state index contributed by atoms with van der Waals surface area (Å²) in [6.45, 7) is 1.97. The number of aromatic amines is 1. The van der Waals surface area contributed by atoms with Crippen molar-refractivity contribution in [3.05, 3.63) is 48.0 Å². The summed E-state index contributed by atoms with van der Waals surface area (Å²) in [5.41, 5.74) is 3.43. The highest BCUT2D eigenvalue weighted by atomic mass is 19.3. The van der Waals surface area contributed by atoms with Gasteiger partial charge in [0.1, 0.15) is 11.6 Å². The first-order valence-electron chi connectivity index (χ1n) is 6.72. The van der Waals surface area contributed by atoms with Crippen LogP contribution in [0.15, 0.2) is 42.5 Å². The molecule has 0 aliphatic heterocycles. The minimum Gasteiger partial charge on any atom is -0.474 e. The van der Waals surface area contributed by atoms with Crippen molar-refractivity contribution in [1.82, 2.24) is 9.97 Å². The monoisotopic (exact) mass is 318 g/mol. The number of ether oxygens (including phenoxy) is 1. The second-order valence-corrected chi connectivity index (χ2v) is 5.05. The Balaban J connectivity index is 1.87. The standard InChI is InChI=1S/C16H12F2N2O3/c1-9-2-7-12-13(8-9)20-14(19-12)10-3-5-11(6-4-10)23-16(17,18)15(21)22/h2-8H,1H3,(H,19,20)(H,21,22). The molecule has 1 heterocycles. The number of carboxylic acid groups (broad SMARTS) is 1. The second-order valence-electron chi connectivity index (χ2n) is 5.05. The van der Waals surface area contributed by atoms with Crippen molar-refractivity contribution in [2.24, 2.45) is 0 Å². The number of carboxylic acids is 1. The molecule has 5 nitrogen and oxygen atoms in total. The molecule has 3 aromatic rings. The molecule has 0 aliphatic carbocycles. The summed E-state index contributed by atoms with van der Waals surface area (Å²) in [5, 5.41) is 8.35. The summed E-state index contributed by atoms with van der Waals surface area (Å²) in [5.74, 6) is -2.00. The number of alkyl halides is 2. The average Bonchev–Trinajstić information content (AvgIpc) is 2.90. The van der Waals surface area contributed by atoms with Crippen LogP contribution in [0.5, 0.6) is 5.75 Å². The number of hydrogen-bond acceptors (Lipinski definition) is 3. The van der Waals surface area contributed by atoms with Crippen molar-refractivity contribution >= 4 is 17.0 Å².